The van der Waals surface area contributed by atoms with Crippen LogP contribution in [-0.4, -0.2) is 16.6 Å². The Kier molecular flexibility index (Phi) is 5.09. The Balaban J connectivity index is 1.63. The Morgan fingerprint density at radius 2 is 1.88 bits per heavy atom. The van der Waals surface area contributed by atoms with E-state index in [1.165, 1.54) is 11.8 Å². The third-order valence-electron chi connectivity index (χ3n) is 3.43. The zero-order chi connectivity index (χ0) is 16.8. The van der Waals surface area contributed by atoms with Crippen molar-refractivity contribution in [2.45, 2.75) is 11.4 Å². The third kappa shape index (κ3) is 3.92. The number of aromatic nitrogens is 1. The fraction of sp³-hybridized carbons (Fsp3) is 0.105. The molecule has 0 bridgehead atoms. The number of hydrogen-bond donors (Lipinski definition) is 1. The Morgan fingerprint density at radius 1 is 1.12 bits per heavy atom. The van der Waals surface area contributed by atoms with Gasteiger partial charge < -0.3 is 5.32 Å². The van der Waals surface area contributed by atoms with Crippen LogP contribution >= 0.6 is 11.8 Å². The molecule has 0 aliphatic carbocycles. The number of fused-ring (bicyclic) bond motifs is 1. The standard InChI is InChI=1S/C19H15N3OS/c20-13-15-12-14-6-4-5-9-17(14)22-19(15)24-11-10-18(23)21-16-7-2-1-3-8-16/h1-9,12H,10-11H2,(H,21,23). The van der Waals surface area contributed by atoms with Crippen LogP contribution in [-0.2, 0) is 4.79 Å². The first-order valence-corrected chi connectivity index (χ1v) is 8.52. The van der Waals surface area contributed by atoms with E-state index in [9.17, 15) is 10.1 Å². The molecule has 0 radical (unpaired) electrons. The van der Waals surface area contributed by atoms with Gasteiger partial charge in [-0.2, -0.15) is 5.26 Å². The summed E-state index contributed by atoms with van der Waals surface area (Å²) in [7, 11) is 0. The maximum atomic E-state index is 12.0. The summed E-state index contributed by atoms with van der Waals surface area (Å²) in [6, 6.07) is 21.1. The van der Waals surface area contributed by atoms with Gasteiger partial charge in [0.15, 0.2) is 0 Å². The third-order valence-corrected chi connectivity index (χ3v) is 4.43. The number of benzene rings is 2. The van der Waals surface area contributed by atoms with Crippen molar-refractivity contribution < 1.29 is 4.79 Å². The molecule has 24 heavy (non-hydrogen) atoms. The van der Waals surface area contributed by atoms with Crippen molar-refractivity contribution in [3.63, 3.8) is 0 Å². The normalized spacial score (nSPS) is 10.3. The molecule has 0 fully saturated rings. The zero-order valence-corrected chi connectivity index (χ0v) is 13.7. The van der Waals surface area contributed by atoms with Crippen LogP contribution in [0.25, 0.3) is 10.9 Å². The highest BCUT2D eigenvalue weighted by Crippen LogP contribution is 2.25. The summed E-state index contributed by atoms with van der Waals surface area (Å²) in [5, 5.41) is 13.8. The molecule has 0 aliphatic rings. The number of nitrogens with one attached hydrogen (secondary N) is 1. The van der Waals surface area contributed by atoms with Crippen LogP contribution in [0.3, 0.4) is 0 Å². The molecule has 0 saturated carbocycles. The van der Waals surface area contributed by atoms with Gasteiger partial charge in [0.1, 0.15) is 11.1 Å². The van der Waals surface area contributed by atoms with Crippen LogP contribution in [0, 0.1) is 11.3 Å². The van der Waals surface area contributed by atoms with Crippen molar-refractivity contribution in [1.82, 2.24) is 4.98 Å². The molecule has 0 spiro atoms. The molecular weight excluding hydrogens is 318 g/mol. The van der Waals surface area contributed by atoms with E-state index in [4.69, 9.17) is 0 Å². The summed E-state index contributed by atoms with van der Waals surface area (Å²) in [6.07, 6.45) is 0.360. The maximum absolute atomic E-state index is 12.0. The summed E-state index contributed by atoms with van der Waals surface area (Å²) in [6.45, 7) is 0. The second-order valence-electron chi connectivity index (χ2n) is 5.16. The Morgan fingerprint density at radius 3 is 2.67 bits per heavy atom. The lowest BCUT2D eigenvalue weighted by Gasteiger charge is -2.06. The van der Waals surface area contributed by atoms with Crippen LogP contribution in [0.2, 0.25) is 0 Å². The minimum absolute atomic E-state index is 0.0482. The van der Waals surface area contributed by atoms with E-state index in [1.807, 2.05) is 60.7 Å². The van der Waals surface area contributed by atoms with Crippen molar-refractivity contribution in [2.75, 3.05) is 11.1 Å². The first-order chi connectivity index (χ1) is 11.8. The fourth-order valence-electron chi connectivity index (χ4n) is 2.27. The van der Waals surface area contributed by atoms with Crippen LogP contribution in [0.5, 0.6) is 0 Å². The number of carbonyl (C=O) groups excluding carboxylic acids is 1. The van der Waals surface area contributed by atoms with Gasteiger partial charge in [-0.05, 0) is 24.3 Å². The number of para-hydroxylation sites is 2. The van der Waals surface area contributed by atoms with E-state index in [-0.39, 0.29) is 5.91 Å². The van der Waals surface area contributed by atoms with E-state index in [1.54, 1.807) is 0 Å². The first kappa shape index (κ1) is 16.0. The van der Waals surface area contributed by atoms with Crippen molar-refractivity contribution in [2.24, 2.45) is 0 Å². The van der Waals surface area contributed by atoms with Crippen LogP contribution < -0.4 is 5.32 Å². The highest BCUT2D eigenvalue weighted by atomic mass is 32.2. The zero-order valence-electron chi connectivity index (χ0n) is 12.9. The molecule has 1 N–H and O–H groups in total. The Bertz CT molecular complexity index is 903. The van der Waals surface area contributed by atoms with Gasteiger partial charge in [-0.25, -0.2) is 4.98 Å². The number of carbonyl (C=O) groups is 1. The molecule has 1 amide bonds. The molecule has 118 valence electrons. The second kappa shape index (κ2) is 7.62. The molecule has 4 nitrogen and oxygen atoms in total. The van der Waals surface area contributed by atoms with Gasteiger partial charge in [0.25, 0.3) is 0 Å². The minimum Gasteiger partial charge on any atom is -0.326 e. The topological polar surface area (TPSA) is 65.8 Å². The summed E-state index contributed by atoms with van der Waals surface area (Å²) in [5.74, 6) is 0.520. The van der Waals surface area contributed by atoms with Crippen molar-refractivity contribution >= 4 is 34.3 Å². The number of thioether (sulfide) groups is 1. The quantitative estimate of drug-likeness (QED) is 0.710. The number of nitriles is 1. The molecule has 3 rings (SSSR count). The van der Waals surface area contributed by atoms with Gasteiger partial charge >= 0.3 is 0 Å². The van der Waals surface area contributed by atoms with E-state index in [0.29, 0.717) is 22.8 Å². The lowest BCUT2D eigenvalue weighted by Crippen LogP contribution is -2.12. The molecule has 0 aliphatic heterocycles. The van der Waals surface area contributed by atoms with Crippen LogP contribution in [0.1, 0.15) is 12.0 Å². The van der Waals surface area contributed by atoms with E-state index >= 15 is 0 Å². The predicted molar refractivity (Wildman–Crippen MR) is 96.9 cm³/mol. The summed E-state index contributed by atoms with van der Waals surface area (Å²) < 4.78 is 0. The molecule has 1 heterocycles. The summed E-state index contributed by atoms with van der Waals surface area (Å²) in [4.78, 5) is 16.5. The van der Waals surface area contributed by atoms with Gasteiger partial charge in [-0.3, -0.25) is 4.79 Å². The lowest BCUT2D eigenvalue weighted by molar-refractivity contribution is -0.115. The average Bonchev–Trinajstić information content (AvgIpc) is 2.62. The summed E-state index contributed by atoms with van der Waals surface area (Å²) in [5.41, 5.74) is 2.18. The predicted octanol–water partition coefficient (Wildman–Crippen LogP) is 4.23. The lowest BCUT2D eigenvalue weighted by atomic mass is 10.2. The number of nitrogens with zero attached hydrogens (tertiary/aromatic N) is 2. The van der Waals surface area contributed by atoms with Gasteiger partial charge in [0, 0.05) is 23.2 Å². The van der Waals surface area contributed by atoms with Gasteiger partial charge in [-0.15, -0.1) is 11.8 Å². The summed E-state index contributed by atoms with van der Waals surface area (Å²) >= 11 is 1.43. The van der Waals surface area contributed by atoms with E-state index in [2.05, 4.69) is 16.4 Å². The highest BCUT2D eigenvalue weighted by Gasteiger charge is 2.09. The molecule has 0 unspecified atom stereocenters. The largest absolute Gasteiger partial charge is 0.326 e. The molecule has 0 saturated heterocycles. The van der Waals surface area contributed by atoms with Gasteiger partial charge in [-0.1, -0.05) is 36.4 Å². The number of pyridine rings is 1. The number of amides is 1. The average molecular weight is 333 g/mol. The number of rotatable bonds is 5. The molecule has 3 aromatic rings. The van der Waals surface area contributed by atoms with Crippen molar-refractivity contribution in [1.29, 1.82) is 5.26 Å². The Labute approximate surface area is 144 Å². The molecule has 2 aromatic carbocycles. The van der Waals surface area contributed by atoms with E-state index < -0.39 is 0 Å². The highest BCUT2D eigenvalue weighted by molar-refractivity contribution is 7.99. The van der Waals surface area contributed by atoms with Crippen molar-refractivity contribution in [3.05, 3.63) is 66.2 Å². The smallest absolute Gasteiger partial charge is 0.225 e. The molecule has 5 heteroatoms. The monoisotopic (exact) mass is 333 g/mol. The second-order valence-corrected chi connectivity index (χ2v) is 6.24. The number of hydrogen-bond acceptors (Lipinski definition) is 4. The maximum Gasteiger partial charge on any atom is 0.225 e. The van der Waals surface area contributed by atoms with Crippen LogP contribution in [0.15, 0.2) is 65.7 Å². The Hall–Kier alpha value is -2.84. The molecular formula is C19H15N3OS. The number of anilines is 1. The SMILES string of the molecule is N#Cc1cc2ccccc2nc1SCCC(=O)Nc1ccccc1. The molecule has 0 atom stereocenters. The fourth-order valence-corrected chi connectivity index (χ4v) is 3.18. The van der Waals surface area contributed by atoms with E-state index in [0.717, 1.165) is 16.6 Å². The van der Waals surface area contributed by atoms with Crippen molar-refractivity contribution in [3.8, 4) is 6.07 Å². The van der Waals surface area contributed by atoms with Crippen LogP contribution in [0.4, 0.5) is 5.69 Å². The van der Waals surface area contributed by atoms with Gasteiger partial charge in [0.2, 0.25) is 5.91 Å². The minimum atomic E-state index is -0.0482. The molecule has 1 aromatic heterocycles. The van der Waals surface area contributed by atoms with Gasteiger partial charge in [0.05, 0.1) is 11.1 Å². The first-order valence-electron chi connectivity index (χ1n) is 7.54.